The van der Waals surface area contributed by atoms with E-state index < -0.39 is 0 Å². The van der Waals surface area contributed by atoms with Crippen LogP contribution in [0.4, 0.5) is 5.69 Å². The minimum atomic E-state index is 0.197. The Labute approximate surface area is 111 Å². The summed E-state index contributed by atoms with van der Waals surface area (Å²) in [6, 6.07) is 16.0. The van der Waals surface area contributed by atoms with Crippen molar-refractivity contribution in [2.75, 3.05) is 5.32 Å². The van der Waals surface area contributed by atoms with E-state index in [0.29, 0.717) is 5.56 Å². The molecule has 0 fully saturated rings. The number of nitrogens with zero attached hydrogens (tertiary/aromatic N) is 1. The van der Waals surface area contributed by atoms with Gasteiger partial charge >= 0.3 is 0 Å². The van der Waals surface area contributed by atoms with Crippen molar-refractivity contribution in [1.82, 2.24) is 0 Å². The first kappa shape index (κ1) is 11.1. The molecule has 1 aliphatic heterocycles. The summed E-state index contributed by atoms with van der Waals surface area (Å²) >= 11 is 6.21. The largest absolute Gasteiger partial charge is 0.378 e. The van der Waals surface area contributed by atoms with Crippen LogP contribution in [0.15, 0.2) is 42.5 Å². The molecule has 3 rings (SSSR count). The van der Waals surface area contributed by atoms with Crippen molar-refractivity contribution in [2.45, 2.75) is 12.5 Å². The molecule has 88 valence electrons. The number of rotatable bonds is 1. The van der Waals surface area contributed by atoms with E-state index in [9.17, 15) is 0 Å². The van der Waals surface area contributed by atoms with Gasteiger partial charge in [-0.05, 0) is 41.8 Å². The summed E-state index contributed by atoms with van der Waals surface area (Å²) in [4.78, 5) is 0. The number of nitriles is 1. The highest BCUT2D eigenvalue weighted by atomic mass is 35.5. The molecule has 1 aliphatic rings. The molecule has 0 spiro atoms. The quantitative estimate of drug-likeness (QED) is 0.837. The van der Waals surface area contributed by atoms with Crippen LogP contribution in [0.25, 0.3) is 0 Å². The Balaban J connectivity index is 1.94. The summed E-state index contributed by atoms with van der Waals surface area (Å²) in [6.45, 7) is 0. The molecule has 2 aromatic carbocycles. The van der Waals surface area contributed by atoms with Crippen molar-refractivity contribution in [3.8, 4) is 6.07 Å². The predicted octanol–water partition coefficient (Wildman–Crippen LogP) is 3.92. The molecule has 2 aromatic rings. The van der Waals surface area contributed by atoms with E-state index in [1.807, 2.05) is 42.5 Å². The van der Waals surface area contributed by atoms with E-state index in [0.717, 1.165) is 22.7 Å². The molecule has 0 bridgehead atoms. The van der Waals surface area contributed by atoms with Crippen molar-refractivity contribution in [3.05, 3.63) is 64.2 Å². The zero-order chi connectivity index (χ0) is 12.5. The van der Waals surface area contributed by atoms with Crippen LogP contribution in [-0.2, 0) is 6.42 Å². The van der Waals surface area contributed by atoms with Gasteiger partial charge in [0.05, 0.1) is 17.7 Å². The molecule has 1 heterocycles. The molecule has 0 saturated carbocycles. The van der Waals surface area contributed by atoms with Crippen LogP contribution in [-0.4, -0.2) is 0 Å². The first-order valence-corrected chi connectivity index (χ1v) is 6.20. The zero-order valence-electron chi connectivity index (χ0n) is 9.65. The van der Waals surface area contributed by atoms with Gasteiger partial charge in [0, 0.05) is 10.7 Å². The Morgan fingerprint density at radius 2 is 2.06 bits per heavy atom. The fourth-order valence-corrected chi connectivity index (χ4v) is 2.64. The lowest BCUT2D eigenvalue weighted by atomic mass is 10.0. The van der Waals surface area contributed by atoms with Gasteiger partial charge in [-0.3, -0.25) is 0 Å². The maximum atomic E-state index is 8.90. The standard InChI is InChI=1S/C15H11ClN2/c16-13-4-2-1-3-12(13)15-8-11-7-10(9-17)5-6-14(11)18-15/h1-7,15,18H,8H2. The smallest absolute Gasteiger partial charge is 0.0991 e. The van der Waals surface area contributed by atoms with E-state index in [2.05, 4.69) is 11.4 Å². The van der Waals surface area contributed by atoms with Crippen LogP contribution in [0.1, 0.15) is 22.7 Å². The van der Waals surface area contributed by atoms with Gasteiger partial charge in [0.1, 0.15) is 0 Å². The maximum absolute atomic E-state index is 8.90. The number of fused-ring (bicyclic) bond motifs is 1. The highest BCUT2D eigenvalue weighted by Crippen LogP contribution is 2.36. The van der Waals surface area contributed by atoms with Crippen LogP contribution in [0, 0.1) is 11.3 Å². The molecule has 0 aromatic heterocycles. The van der Waals surface area contributed by atoms with Gasteiger partial charge in [-0.2, -0.15) is 5.26 Å². The number of hydrogen-bond donors (Lipinski definition) is 1. The molecule has 1 atom stereocenters. The Bertz CT molecular complexity index is 643. The Kier molecular flexibility index (Phi) is 2.70. The Morgan fingerprint density at radius 3 is 2.83 bits per heavy atom. The SMILES string of the molecule is N#Cc1ccc2c(c1)CC(c1ccccc1Cl)N2. The third-order valence-electron chi connectivity index (χ3n) is 3.27. The molecule has 1 N–H and O–H groups in total. The van der Waals surface area contributed by atoms with Gasteiger partial charge in [0.15, 0.2) is 0 Å². The number of benzene rings is 2. The van der Waals surface area contributed by atoms with Crippen LogP contribution in [0.5, 0.6) is 0 Å². The first-order chi connectivity index (χ1) is 8.78. The van der Waals surface area contributed by atoms with E-state index in [1.54, 1.807) is 0 Å². The van der Waals surface area contributed by atoms with E-state index in [4.69, 9.17) is 16.9 Å². The minimum Gasteiger partial charge on any atom is -0.378 e. The molecule has 0 aliphatic carbocycles. The lowest BCUT2D eigenvalue weighted by molar-refractivity contribution is 0.824. The number of anilines is 1. The second-order valence-corrected chi connectivity index (χ2v) is 4.81. The summed E-state index contributed by atoms with van der Waals surface area (Å²) < 4.78 is 0. The van der Waals surface area contributed by atoms with Crippen LogP contribution >= 0.6 is 11.6 Å². The molecular formula is C15H11ClN2. The molecule has 2 nitrogen and oxygen atoms in total. The summed E-state index contributed by atoms with van der Waals surface area (Å²) in [5, 5.41) is 13.1. The third-order valence-corrected chi connectivity index (χ3v) is 3.61. The van der Waals surface area contributed by atoms with Crippen molar-refractivity contribution in [2.24, 2.45) is 0 Å². The highest BCUT2D eigenvalue weighted by molar-refractivity contribution is 6.31. The van der Waals surface area contributed by atoms with Crippen molar-refractivity contribution < 1.29 is 0 Å². The average molecular weight is 255 g/mol. The van der Waals surface area contributed by atoms with E-state index in [1.165, 1.54) is 5.56 Å². The van der Waals surface area contributed by atoms with Crippen LogP contribution in [0.2, 0.25) is 5.02 Å². The van der Waals surface area contributed by atoms with Gasteiger partial charge in [-0.1, -0.05) is 29.8 Å². The molecule has 1 unspecified atom stereocenters. The molecule has 0 amide bonds. The number of hydrogen-bond acceptors (Lipinski definition) is 2. The van der Waals surface area contributed by atoms with Crippen LogP contribution in [0.3, 0.4) is 0 Å². The Morgan fingerprint density at radius 1 is 1.22 bits per heavy atom. The Hall–Kier alpha value is -1.98. The fourth-order valence-electron chi connectivity index (χ4n) is 2.38. The monoisotopic (exact) mass is 254 g/mol. The van der Waals surface area contributed by atoms with E-state index >= 15 is 0 Å². The molecule has 0 saturated heterocycles. The van der Waals surface area contributed by atoms with Gasteiger partial charge in [-0.15, -0.1) is 0 Å². The van der Waals surface area contributed by atoms with Gasteiger partial charge in [0.2, 0.25) is 0 Å². The molecule has 3 heteroatoms. The van der Waals surface area contributed by atoms with Crippen LogP contribution < -0.4 is 5.32 Å². The second-order valence-electron chi connectivity index (χ2n) is 4.41. The second kappa shape index (κ2) is 4.36. The normalized spacial score (nSPS) is 16.8. The van der Waals surface area contributed by atoms with Crippen molar-refractivity contribution >= 4 is 17.3 Å². The van der Waals surface area contributed by atoms with Gasteiger partial charge in [-0.25, -0.2) is 0 Å². The summed E-state index contributed by atoms with van der Waals surface area (Å²) in [6.07, 6.45) is 0.870. The first-order valence-electron chi connectivity index (χ1n) is 5.82. The lowest BCUT2D eigenvalue weighted by Crippen LogP contribution is -2.05. The summed E-state index contributed by atoms with van der Waals surface area (Å²) in [5.41, 5.74) is 4.09. The molecule has 0 radical (unpaired) electrons. The van der Waals surface area contributed by atoms with Gasteiger partial charge < -0.3 is 5.32 Å². The topological polar surface area (TPSA) is 35.8 Å². The lowest BCUT2D eigenvalue weighted by Gasteiger charge is -2.13. The van der Waals surface area contributed by atoms with E-state index in [-0.39, 0.29) is 6.04 Å². The maximum Gasteiger partial charge on any atom is 0.0991 e. The summed E-state index contributed by atoms with van der Waals surface area (Å²) in [5.74, 6) is 0. The number of nitrogens with one attached hydrogen (secondary N) is 1. The highest BCUT2D eigenvalue weighted by Gasteiger charge is 2.23. The fraction of sp³-hybridized carbons (Fsp3) is 0.133. The summed E-state index contributed by atoms with van der Waals surface area (Å²) in [7, 11) is 0. The number of halogens is 1. The average Bonchev–Trinajstić information content (AvgIpc) is 2.81. The van der Waals surface area contributed by atoms with Gasteiger partial charge in [0.25, 0.3) is 0 Å². The predicted molar refractivity (Wildman–Crippen MR) is 72.7 cm³/mol. The minimum absolute atomic E-state index is 0.197. The molecule has 18 heavy (non-hydrogen) atoms. The van der Waals surface area contributed by atoms with Crippen molar-refractivity contribution in [1.29, 1.82) is 5.26 Å². The third kappa shape index (κ3) is 1.83. The van der Waals surface area contributed by atoms with Crippen molar-refractivity contribution in [3.63, 3.8) is 0 Å². The molecular weight excluding hydrogens is 244 g/mol. The zero-order valence-corrected chi connectivity index (χ0v) is 10.4.